The molecule has 0 aliphatic carbocycles. The van der Waals surface area contributed by atoms with E-state index in [0.717, 1.165) is 12.8 Å². The number of unbranched alkanes of at least 4 members (excludes halogenated alkanes) is 4. The van der Waals surface area contributed by atoms with Crippen molar-refractivity contribution < 1.29 is 24.1 Å². The van der Waals surface area contributed by atoms with Crippen LogP contribution in [-0.4, -0.2) is 37.3 Å². The summed E-state index contributed by atoms with van der Waals surface area (Å²) in [5, 5.41) is 10.7. The third-order valence-corrected chi connectivity index (χ3v) is 4.82. The number of rotatable bonds is 16. The van der Waals surface area contributed by atoms with Crippen LogP contribution in [0.4, 0.5) is 0 Å². The fraction of sp³-hybridized carbons (Fsp3) is 0.739. The lowest BCUT2D eigenvalue weighted by atomic mass is 9.90. The number of hydrogen-bond donors (Lipinski definition) is 1. The zero-order valence-corrected chi connectivity index (χ0v) is 18.5. The molecule has 0 aliphatic rings. The highest BCUT2D eigenvalue weighted by Gasteiger charge is 2.58. The molecule has 0 saturated carbocycles. The van der Waals surface area contributed by atoms with Crippen LogP contribution < -0.4 is 0 Å². The van der Waals surface area contributed by atoms with E-state index in [0.29, 0.717) is 38.4 Å². The summed E-state index contributed by atoms with van der Waals surface area (Å²) in [5.41, 5.74) is 0.536. The number of ether oxygens (including phenoxy) is 4. The SMILES string of the molecule is CCCCCCCC(OCC)(OCC)C(OCC)(OCC)c1ccccc1O. The molecule has 28 heavy (non-hydrogen) atoms. The van der Waals surface area contributed by atoms with Crippen LogP contribution in [0.15, 0.2) is 24.3 Å². The zero-order chi connectivity index (χ0) is 20.9. The van der Waals surface area contributed by atoms with E-state index < -0.39 is 11.6 Å². The smallest absolute Gasteiger partial charge is 0.254 e. The lowest BCUT2D eigenvalue weighted by molar-refractivity contribution is -0.420. The molecular weight excluding hydrogens is 356 g/mol. The molecule has 0 saturated heterocycles. The van der Waals surface area contributed by atoms with Crippen molar-refractivity contribution in [2.75, 3.05) is 26.4 Å². The largest absolute Gasteiger partial charge is 0.507 e. The van der Waals surface area contributed by atoms with E-state index >= 15 is 0 Å². The van der Waals surface area contributed by atoms with Crippen LogP contribution in [0.1, 0.15) is 78.7 Å². The van der Waals surface area contributed by atoms with Crippen molar-refractivity contribution in [3.8, 4) is 5.75 Å². The minimum atomic E-state index is -1.35. The Balaban J connectivity index is 3.44. The van der Waals surface area contributed by atoms with Crippen molar-refractivity contribution in [3.63, 3.8) is 0 Å². The second-order valence-electron chi connectivity index (χ2n) is 6.78. The van der Waals surface area contributed by atoms with Crippen LogP contribution >= 0.6 is 0 Å². The van der Waals surface area contributed by atoms with Crippen molar-refractivity contribution >= 4 is 0 Å². The van der Waals surface area contributed by atoms with Gasteiger partial charge in [-0.1, -0.05) is 44.7 Å². The summed E-state index contributed by atoms with van der Waals surface area (Å²) in [5.74, 6) is -2.38. The molecule has 0 atom stereocenters. The van der Waals surface area contributed by atoms with Crippen LogP contribution in [0.25, 0.3) is 0 Å². The number of benzene rings is 1. The standard InChI is InChI=1S/C23H40O5/c1-6-11-12-13-16-19-22(25-7-2,26-8-3)23(27-9-4,28-10-5)20-17-14-15-18-21(20)24/h14-15,17-18,24H,6-13,16,19H2,1-5H3. The predicted molar refractivity (Wildman–Crippen MR) is 112 cm³/mol. The van der Waals surface area contributed by atoms with E-state index in [4.69, 9.17) is 18.9 Å². The number of hydrogen-bond acceptors (Lipinski definition) is 5. The van der Waals surface area contributed by atoms with Crippen molar-refractivity contribution in [3.05, 3.63) is 29.8 Å². The fourth-order valence-corrected chi connectivity index (χ4v) is 3.75. The first-order valence-corrected chi connectivity index (χ1v) is 10.9. The molecule has 0 amide bonds. The van der Waals surface area contributed by atoms with E-state index in [1.807, 2.05) is 39.8 Å². The van der Waals surface area contributed by atoms with Crippen LogP contribution in [0.2, 0.25) is 0 Å². The number of phenolic OH excluding ortho intramolecular Hbond substituents is 1. The highest BCUT2D eigenvalue weighted by atomic mass is 16.8. The maximum Gasteiger partial charge on any atom is 0.254 e. The Morgan fingerprint density at radius 3 is 1.75 bits per heavy atom. The molecule has 0 radical (unpaired) electrons. The van der Waals surface area contributed by atoms with Gasteiger partial charge in [0.05, 0.1) is 5.56 Å². The lowest BCUT2D eigenvalue weighted by Gasteiger charge is -2.48. The summed E-state index contributed by atoms with van der Waals surface area (Å²) in [6.07, 6.45) is 6.23. The first kappa shape index (κ1) is 24.9. The van der Waals surface area contributed by atoms with Gasteiger partial charge < -0.3 is 24.1 Å². The maximum absolute atomic E-state index is 10.7. The molecule has 0 aliphatic heterocycles. The van der Waals surface area contributed by atoms with Crippen molar-refractivity contribution in [1.29, 1.82) is 0 Å². The van der Waals surface area contributed by atoms with Gasteiger partial charge in [0.25, 0.3) is 5.79 Å². The van der Waals surface area contributed by atoms with E-state index in [9.17, 15) is 5.11 Å². The zero-order valence-electron chi connectivity index (χ0n) is 18.5. The monoisotopic (exact) mass is 396 g/mol. The molecule has 1 rings (SSSR count). The molecule has 5 heteroatoms. The first-order chi connectivity index (χ1) is 13.6. The van der Waals surface area contributed by atoms with Crippen LogP contribution in [0, 0.1) is 0 Å². The highest BCUT2D eigenvalue weighted by Crippen LogP contribution is 2.47. The third kappa shape index (κ3) is 5.93. The second-order valence-corrected chi connectivity index (χ2v) is 6.78. The van der Waals surface area contributed by atoms with Gasteiger partial charge in [0, 0.05) is 32.8 Å². The summed E-state index contributed by atoms with van der Waals surface area (Å²) in [7, 11) is 0. The van der Waals surface area contributed by atoms with Gasteiger partial charge in [0.15, 0.2) is 0 Å². The molecule has 0 aromatic heterocycles. The Kier molecular flexibility index (Phi) is 11.7. The molecule has 1 aromatic rings. The summed E-state index contributed by atoms with van der Waals surface area (Å²) in [6.45, 7) is 11.6. The average molecular weight is 397 g/mol. The topological polar surface area (TPSA) is 57.2 Å². The van der Waals surface area contributed by atoms with Crippen molar-refractivity contribution in [2.45, 2.75) is 84.7 Å². The number of phenols is 1. The van der Waals surface area contributed by atoms with Crippen LogP contribution in [0.5, 0.6) is 5.75 Å². The summed E-state index contributed by atoms with van der Waals surface area (Å²) in [6, 6.07) is 7.12. The number of aromatic hydroxyl groups is 1. The molecule has 1 N–H and O–H groups in total. The van der Waals surface area contributed by atoms with Gasteiger partial charge in [-0.25, -0.2) is 0 Å². The normalized spacial score (nSPS) is 12.5. The van der Waals surface area contributed by atoms with Gasteiger partial charge in [0.2, 0.25) is 5.79 Å². The van der Waals surface area contributed by atoms with E-state index in [1.54, 1.807) is 12.1 Å². The van der Waals surface area contributed by atoms with Gasteiger partial charge >= 0.3 is 0 Å². The Hall–Kier alpha value is -1.14. The van der Waals surface area contributed by atoms with Crippen molar-refractivity contribution in [1.82, 2.24) is 0 Å². The molecule has 0 heterocycles. The first-order valence-electron chi connectivity index (χ1n) is 10.9. The van der Waals surface area contributed by atoms with Crippen molar-refractivity contribution in [2.24, 2.45) is 0 Å². The molecule has 1 aromatic carbocycles. The number of para-hydroxylation sites is 1. The lowest BCUT2D eigenvalue weighted by Crippen LogP contribution is -2.59. The average Bonchev–Trinajstić information content (AvgIpc) is 2.68. The summed E-state index contributed by atoms with van der Waals surface area (Å²) < 4.78 is 25.1. The van der Waals surface area contributed by atoms with E-state index in [-0.39, 0.29) is 5.75 Å². The highest BCUT2D eigenvalue weighted by molar-refractivity contribution is 5.37. The quantitative estimate of drug-likeness (QED) is 0.285. The Labute approximate surface area is 171 Å². The van der Waals surface area contributed by atoms with Gasteiger partial charge in [0.1, 0.15) is 5.75 Å². The van der Waals surface area contributed by atoms with Gasteiger partial charge in [-0.2, -0.15) is 0 Å². The van der Waals surface area contributed by atoms with Crippen LogP contribution in [0.3, 0.4) is 0 Å². The second kappa shape index (κ2) is 13.2. The summed E-state index contributed by atoms with van der Waals surface area (Å²) in [4.78, 5) is 0. The Bertz CT molecular complexity index is 519. The van der Waals surface area contributed by atoms with E-state index in [1.165, 1.54) is 19.3 Å². The predicted octanol–water partition coefficient (Wildman–Crippen LogP) is 5.75. The summed E-state index contributed by atoms with van der Waals surface area (Å²) >= 11 is 0. The molecule has 162 valence electrons. The van der Waals surface area contributed by atoms with E-state index in [2.05, 4.69) is 6.92 Å². The minimum absolute atomic E-state index is 0.110. The molecule has 0 spiro atoms. The van der Waals surface area contributed by atoms with Gasteiger partial charge in [-0.3, -0.25) is 0 Å². The molecule has 0 bridgehead atoms. The molecule has 5 nitrogen and oxygen atoms in total. The van der Waals surface area contributed by atoms with Gasteiger partial charge in [-0.15, -0.1) is 0 Å². The molecule has 0 fully saturated rings. The Morgan fingerprint density at radius 1 is 0.714 bits per heavy atom. The Morgan fingerprint density at radius 2 is 1.25 bits per heavy atom. The third-order valence-electron chi connectivity index (χ3n) is 4.82. The minimum Gasteiger partial charge on any atom is -0.507 e. The molecule has 0 unspecified atom stereocenters. The fourth-order valence-electron chi connectivity index (χ4n) is 3.75. The van der Waals surface area contributed by atoms with Gasteiger partial charge in [-0.05, 0) is 46.2 Å². The maximum atomic E-state index is 10.7. The molecular formula is C23H40O5. The van der Waals surface area contributed by atoms with Crippen LogP contribution in [-0.2, 0) is 24.7 Å².